The molecule has 1 aliphatic heterocycles. The first-order chi connectivity index (χ1) is 9.36. The van der Waals surface area contributed by atoms with Crippen molar-refractivity contribution in [1.29, 1.82) is 0 Å². The summed E-state index contributed by atoms with van der Waals surface area (Å²) >= 11 is 12.0. The molecule has 1 aromatic rings. The van der Waals surface area contributed by atoms with Crippen molar-refractivity contribution in [2.75, 3.05) is 20.2 Å². The highest BCUT2D eigenvalue weighted by molar-refractivity contribution is 7.89. The Labute approximate surface area is 140 Å². The molecule has 0 bridgehead atoms. The number of sulfonamides is 1. The Balaban J connectivity index is 0.00000220. The van der Waals surface area contributed by atoms with Crippen molar-refractivity contribution in [1.82, 2.24) is 4.31 Å². The fourth-order valence-corrected chi connectivity index (χ4v) is 4.41. The normalized spacial score (nSPS) is 17.3. The van der Waals surface area contributed by atoms with Crippen molar-refractivity contribution in [2.45, 2.75) is 23.8 Å². The fourth-order valence-electron chi connectivity index (χ4n) is 2.12. The van der Waals surface area contributed by atoms with Gasteiger partial charge in [0.2, 0.25) is 10.0 Å². The van der Waals surface area contributed by atoms with Crippen LogP contribution < -0.4 is 10.5 Å². The van der Waals surface area contributed by atoms with E-state index < -0.39 is 10.0 Å². The molecule has 0 radical (unpaired) electrons. The third-order valence-electron chi connectivity index (χ3n) is 3.32. The highest BCUT2D eigenvalue weighted by atomic mass is 35.5. The summed E-state index contributed by atoms with van der Waals surface area (Å²) in [6.07, 6.45) is 1.28. The molecule has 0 atom stereocenters. The first-order valence-corrected chi connectivity index (χ1v) is 8.34. The lowest BCUT2D eigenvalue weighted by atomic mass is 10.1. The summed E-state index contributed by atoms with van der Waals surface area (Å²) in [6, 6.07) is 2.79. The van der Waals surface area contributed by atoms with Crippen LogP contribution in [0.3, 0.4) is 0 Å². The molecule has 9 heteroatoms. The van der Waals surface area contributed by atoms with Gasteiger partial charge in [-0.1, -0.05) is 23.2 Å². The number of halogens is 3. The summed E-state index contributed by atoms with van der Waals surface area (Å²) in [7, 11) is -2.22. The number of nitrogens with two attached hydrogens (primary N) is 1. The predicted octanol–water partition coefficient (Wildman–Crippen LogP) is 2.54. The standard InChI is InChI=1S/C12H16Cl2N2O3S.ClH/c1-19-11-6-10(14)12(7-9(11)13)20(17,18)16-4-2-8(15)3-5-16;/h6-8H,2-5,15H2,1H3;1H. The molecule has 5 nitrogen and oxygen atoms in total. The lowest BCUT2D eigenvalue weighted by Crippen LogP contribution is -2.42. The zero-order valence-corrected chi connectivity index (χ0v) is 14.5. The fraction of sp³-hybridized carbons (Fsp3) is 0.500. The van der Waals surface area contributed by atoms with Crippen LogP contribution in [0.25, 0.3) is 0 Å². The van der Waals surface area contributed by atoms with E-state index in [2.05, 4.69) is 0 Å². The number of methoxy groups -OCH3 is 1. The van der Waals surface area contributed by atoms with Crippen LogP contribution in [-0.4, -0.2) is 39.0 Å². The number of hydrogen-bond acceptors (Lipinski definition) is 4. The number of piperidine rings is 1. The third-order valence-corrected chi connectivity index (χ3v) is 5.98. The minimum Gasteiger partial charge on any atom is -0.495 e. The average molecular weight is 376 g/mol. The molecule has 0 saturated carbocycles. The molecule has 1 fully saturated rings. The maximum Gasteiger partial charge on any atom is 0.244 e. The quantitative estimate of drug-likeness (QED) is 0.881. The van der Waals surface area contributed by atoms with Crippen LogP contribution in [0.5, 0.6) is 5.75 Å². The molecule has 0 amide bonds. The second-order valence-corrected chi connectivity index (χ2v) is 7.38. The van der Waals surface area contributed by atoms with Crippen LogP contribution in [0, 0.1) is 0 Å². The molecule has 120 valence electrons. The van der Waals surface area contributed by atoms with Crippen molar-refractivity contribution in [3.63, 3.8) is 0 Å². The summed E-state index contributed by atoms with van der Waals surface area (Å²) in [5.41, 5.74) is 5.79. The molecule has 2 N–H and O–H groups in total. The Hall–Kier alpha value is -0.240. The van der Waals surface area contributed by atoms with E-state index in [-0.39, 0.29) is 33.4 Å². The van der Waals surface area contributed by atoms with Crippen LogP contribution in [-0.2, 0) is 10.0 Å². The molecule has 21 heavy (non-hydrogen) atoms. The van der Waals surface area contributed by atoms with Gasteiger partial charge in [-0.3, -0.25) is 0 Å². The van der Waals surface area contributed by atoms with E-state index in [9.17, 15) is 8.42 Å². The second-order valence-electron chi connectivity index (χ2n) is 4.66. The molecular formula is C12H17Cl3N2O3S. The molecule has 0 aromatic heterocycles. The van der Waals surface area contributed by atoms with Gasteiger partial charge in [0, 0.05) is 25.2 Å². The zero-order chi connectivity index (χ0) is 14.9. The maximum absolute atomic E-state index is 12.6. The minimum atomic E-state index is -3.66. The second kappa shape index (κ2) is 7.35. The summed E-state index contributed by atoms with van der Waals surface area (Å²) < 4.78 is 31.5. The number of ether oxygens (including phenoxy) is 1. The van der Waals surface area contributed by atoms with E-state index in [1.165, 1.54) is 23.5 Å². The van der Waals surface area contributed by atoms with Crippen LogP contribution >= 0.6 is 35.6 Å². The van der Waals surface area contributed by atoms with Crippen LogP contribution in [0.1, 0.15) is 12.8 Å². The summed E-state index contributed by atoms with van der Waals surface area (Å²) in [6.45, 7) is 0.785. The molecule has 0 unspecified atom stereocenters. The third kappa shape index (κ3) is 3.94. The van der Waals surface area contributed by atoms with Gasteiger partial charge in [-0.25, -0.2) is 8.42 Å². The van der Waals surface area contributed by atoms with Gasteiger partial charge in [0.15, 0.2) is 0 Å². The zero-order valence-electron chi connectivity index (χ0n) is 11.4. The van der Waals surface area contributed by atoms with Crippen LogP contribution in [0.2, 0.25) is 10.0 Å². The Morgan fingerprint density at radius 1 is 1.24 bits per heavy atom. The van der Waals surface area contributed by atoms with E-state index >= 15 is 0 Å². The molecule has 1 aliphatic rings. The molecule has 1 saturated heterocycles. The monoisotopic (exact) mass is 374 g/mol. The van der Waals surface area contributed by atoms with Gasteiger partial charge in [-0.15, -0.1) is 12.4 Å². The van der Waals surface area contributed by atoms with Crippen molar-refractivity contribution < 1.29 is 13.2 Å². The molecule has 1 aromatic carbocycles. The van der Waals surface area contributed by atoms with E-state index in [0.717, 1.165) is 0 Å². The highest BCUT2D eigenvalue weighted by Crippen LogP contribution is 2.35. The molecule has 2 rings (SSSR count). The summed E-state index contributed by atoms with van der Waals surface area (Å²) in [5, 5.41) is 0.310. The Bertz CT molecular complexity index is 602. The smallest absolute Gasteiger partial charge is 0.244 e. The van der Waals surface area contributed by atoms with E-state index in [4.69, 9.17) is 33.7 Å². The van der Waals surface area contributed by atoms with E-state index in [1.807, 2.05) is 0 Å². The molecule has 1 heterocycles. The number of benzene rings is 1. The largest absolute Gasteiger partial charge is 0.495 e. The lowest BCUT2D eigenvalue weighted by Gasteiger charge is -2.29. The maximum atomic E-state index is 12.6. The lowest BCUT2D eigenvalue weighted by molar-refractivity contribution is 0.320. The van der Waals surface area contributed by atoms with Crippen molar-refractivity contribution in [2.24, 2.45) is 5.73 Å². The first kappa shape index (κ1) is 18.8. The van der Waals surface area contributed by atoms with Gasteiger partial charge < -0.3 is 10.5 Å². The van der Waals surface area contributed by atoms with Crippen molar-refractivity contribution >= 4 is 45.6 Å². The van der Waals surface area contributed by atoms with Gasteiger partial charge in [-0.2, -0.15) is 4.31 Å². The summed E-state index contributed by atoms with van der Waals surface area (Å²) in [4.78, 5) is 0.000406. The predicted molar refractivity (Wildman–Crippen MR) is 86.2 cm³/mol. The molecule has 0 aliphatic carbocycles. The van der Waals surface area contributed by atoms with Gasteiger partial charge >= 0.3 is 0 Å². The first-order valence-electron chi connectivity index (χ1n) is 6.15. The van der Waals surface area contributed by atoms with Gasteiger partial charge in [0.05, 0.1) is 17.2 Å². The molecule has 0 spiro atoms. The minimum absolute atomic E-state index is 0. The number of hydrogen-bond donors (Lipinski definition) is 1. The van der Waals surface area contributed by atoms with Crippen molar-refractivity contribution in [3.05, 3.63) is 22.2 Å². The Kier molecular flexibility index (Phi) is 6.58. The van der Waals surface area contributed by atoms with E-state index in [0.29, 0.717) is 31.7 Å². The average Bonchev–Trinajstić information content (AvgIpc) is 2.41. The molecular weight excluding hydrogens is 359 g/mol. The topological polar surface area (TPSA) is 72.6 Å². The van der Waals surface area contributed by atoms with Crippen LogP contribution in [0.4, 0.5) is 0 Å². The van der Waals surface area contributed by atoms with Crippen molar-refractivity contribution in [3.8, 4) is 5.75 Å². The Morgan fingerprint density at radius 3 is 2.33 bits per heavy atom. The SMILES string of the molecule is COc1cc(Cl)c(S(=O)(=O)N2CCC(N)CC2)cc1Cl.Cl. The van der Waals surface area contributed by atoms with Gasteiger partial charge in [0.25, 0.3) is 0 Å². The van der Waals surface area contributed by atoms with Crippen LogP contribution in [0.15, 0.2) is 17.0 Å². The number of nitrogens with zero attached hydrogens (tertiary/aromatic N) is 1. The highest BCUT2D eigenvalue weighted by Gasteiger charge is 2.30. The van der Waals surface area contributed by atoms with E-state index in [1.54, 1.807) is 0 Å². The van der Waals surface area contributed by atoms with Gasteiger partial charge in [0.1, 0.15) is 10.6 Å². The summed E-state index contributed by atoms with van der Waals surface area (Å²) in [5.74, 6) is 0.344. The Morgan fingerprint density at radius 2 is 1.81 bits per heavy atom. The van der Waals surface area contributed by atoms with Gasteiger partial charge in [-0.05, 0) is 18.9 Å². The number of rotatable bonds is 3.